The third-order valence-corrected chi connectivity index (χ3v) is 1.52. The third-order valence-electron chi connectivity index (χ3n) is 1.52. The van der Waals surface area contributed by atoms with Crippen molar-refractivity contribution in [2.24, 2.45) is 0 Å². The molecule has 0 amide bonds. The Balaban J connectivity index is 0. The van der Waals surface area contributed by atoms with Crippen molar-refractivity contribution in [1.29, 1.82) is 0 Å². The second kappa shape index (κ2) is 7.08. The first-order valence-corrected chi connectivity index (χ1v) is 3.37. The summed E-state index contributed by atoms with van der Waals surface area (Å²) in [5.74, 6) is 0. The quantitative estimate of drug-likeness (QED) is 0.763. The minimum absolute atomic E-state index is 0. The molecule has 1 N–H and O–H groups in total. The van der Waals surface area contributed by atoms with Gasteiger partial charge in [0.25, 0.3) is 0 Å². The van der Waals surface area contributed by atoms with Crippen LogP contribution in [-0.2, 0) is 32.7 Å². The largest absolute Gasteiger partial charge is 0.391 e. The minimum atomic E-state index is -0.402. The predicted molar refractivity (Wildman–Crippen MR) is 51.0 cm³/mol. The molecule has 3 heteroatoms. The van der Waals surface area contributed by atoms with Crippen molar-refractivity contribution in [1.82, 2.24) is 0 Å². The molecule has 1 aromatic carbocycles. The van der Waals surface area contributed by atoms with Gasteiger partial charge in [0.2, 0.25) is 0 Å². The van der Waals surface area contributed by atoms with Gasteiger partial charge in [-0.05, 0) is 6.92 Å². The van der Waals surface area contributed by atoms with E-state index in [1.165, 1.54) is 0 Å². The van der Waals surface area contributed by atoms with Gasteiger partial charge in [-0.15, -0.1) is 5.56 Å². The minimum Gasteiger partial charge on any atom is -0.391 e. The van der Waals surface area contributed by atoms with E-state index in [-0.39, 0.29) is 46.2 Å². The SMILES string of the molecule is Cc1ccc[c-]c1[C@H](C)O.S.[Y]. The van der Waals surface area contributed by atoms with Gasteiger partial charge < -0.3 is 5.11 Å². The Hall–Kier alpha value is 0.634. The van der Waals surface area contributed by atoms with Crippen molar-refractivity contribution in [3.05, 3.63) is 35.4 Å². The third kappa shape index (κ3) is 4.04. The molecule has 65 valence electrons. The summed E-state index contributed by atoms with van der Waals surface area (Å²) in [7, 11) is 0. The molecule has 1 rings (SSSR count). The van der Waals surface area contributed by atoms with E-state index in [0.717, 1.165) is 11.1 Å². The zero-order chi connectivity index (χ0) is 7.56. The summed E-state index contributed by atoms with van der Waals surface area (Å²) in [5, 5.41) is 9.17. The maximum atomic E-state index is 9.17. The second-order valence-corrected chi connectivity index (χ2v) is 2.44. The molecule has 1 nitrogen and oxygen atoms in total. The van der Waals surface area contributed by atoms with Crippen LogP contribution in [0.4, 0.5) is 0 Å². The van der Waals surface area contributed by atoms with E-state index in [0.29, 0.717) is 0 Å². The molecule has 0 aliphatic heterocycles. The van der Waals surface area contributed by atoms with Crippen molar-refractivity contribution in [3.8, 4) is 0 Å². The van der Waals surface area contributed by atoms with E-state index < -0.39 is 6.10 Å². The molecule has 0 fully saturated rings. The molecule has 12 heavy (non-hydrogen) atoms. The first-order valence-electron chi connectivity index (χ1n) is 3.37. The second-order valence-electron chi connectivity index (χ2n) is 2.44. The van der Waals surface area contributed by atoms with Crippen LogP contribution in [0.1, 0.15) is 24.2 Å². The molecule has 0 aliphatic carbocycles. The average molecular weight is 258 g/mol. The summed E-state index contributed by atoms with van der Waals surface area (Å²) < 4.78 is 0. The number of hydrogen-bond donors (Lipinski definition) is 1. The van der Waals surface area contributed by atoms with Gasteiger partial charge in [-0.25, -0.2) is 0 Å². The van der Waals surface area contributed by atoms with E-state index in [2.05, 4.69) is 6.07 Å². The van der Waals surface area contributed by atoms with Crippen LogP contribution in [0.25, 0.3) is 0 Å². The van der Waals surface area contributed by atoms with Gasteiger partial charge in [-0.2, -0.15) is 43.3 Å². The van der Waals surface area contributed by atoms with Crippen LogP contribution < -0.4 is 0 Å². The molecule has 0 aromatic heterocycles. The molecule has 1 radical (unpaired) electrons. The molecule has 0 unspecified atom stereocenters. The van der Waals surface area contributed by atoms with Crippen LogP contribution >= 0.6 is 13.5 Å². The summed E-state index contributed by atoms with van der Waals surface area (Å²) in [6, 6.07) is 8.69. The number of aryl methyl sites for hydroxylation is 1. The molecule has 1 aromatic rings. The first-order chi connectivity index (χ1) is 4.72. The Labute approximate surface area is 106 Å². The Morgan fingerprint density at radius 1 is 1.50 bits per heavy atom. The fourth-order valence-corrected chi connectivity index (χ4v) is 0.984. The van der Waals surface area contributed by atoms with Gasteiger partial charge >= 0.3 is 0 Å². The Bertz CT molecular complexity index is 226. The monoisotopic (exact) mass is 258 g/mol. The molecule has 0 saturated carbocycles. The maximum Gasteiger partial charge on any atom is 0.0541 e. The summed E-state index contributed by atoms with van der Waals surface area (Å²) in [4.78, 5) is 0. The molecule has 0 saturated heterocycles. The van der Waals surface area contributed by atoms with Gasteiger partial charge in [0.05, 0.1) is 6.10 Å². The fraction of sp³-hybridized carbons (Fsp3) is 0.333. The van der Waals surface area contributed by atoms with Crippen LogP contribution in [0.2, 0.25) is 0 Å². The normalized spacial score (nSPS) is 10.9. The fourth-order valence-electron chi connectivity index (χ4n) is 0.984. The average Bonchev–Trinajstić information content (AvgIpc) is 1.88. The first kappa shape index (κ1) is 15.1. The van der Waals surface area contributed by atoms with Crippen LogP contribution in [0.15, 0.2) is 18.2 Å². The van der Waals surface area contributed by atoms with Gasteiger partial charge in [0.1, 0.15) is 0 Å². The van der Waals surface area contributed by atoms with Crippen molar-refractivity contribution < 1.29 is 37.8 Å². The van der Waals surface area contributed by atoms with Crippen LogP contribution in [0.3, 0.4) is 0 Å². The van der Waals surface area contributed by atoms with E-state index in [1.54, 1.807) is 6.92 Å². The van der Waals surface area contributed by atoms with Crippen molar-refractivity contribution >= 4 is 13.5 Å². The van der Waals surface area contributed by atoms with E-state index >= 15 is 0 Å². The number of benzene rings is 1. The number of aliphatic hydroxyl groups is 1. The van der Waals surface area contributed by atoms with Crippen molar-refractivity contribution in [2.45, 2.75) is 20.0 Å². The summed E-state index contributed by atoms with van der Waals surface area (Å²) >= 11 is 0. The molecular formula is C9H13OSY-. The van der Waals surface area contributed by atoms with Crippen molar-refractivity contribution in [3.63, 3.8) is 0 Å². The smallest absolute Gasteiger partial charge is 0.0541 e. The number of rotatable bonds is 1. The Kier molecular flexibility index (Phi) is 8.92. The summed E-state index contributed by atoms with van der Waals surface area (Å²) in [6.45, 7) is 3.72. The van der Waals surface area contributed by atoms with Crippen LogP contribution in [0.5, 0.6) is 0 Å². The van der Waals surface area contributed by atoms with Crippen molar-refractivity contribution in [2.75, 3.05) is 0 Å². The van der Waals surface area contributed by atoms with E-state index in [4.69, 9.17) is 0 Å². The zero-order valence-electron chi connectivity index (χ0n) is 7.33. The standard InChI is InChI=1S/C9H11O.H2S.Y/c1-7-5-3-4-6-9(7)8(2)10;;/h3-5,8,10H,1-2H3;1H2;/q-1;;/t8-;;/m0../s1. The van der Waals surface area contributed by atoms with Gasteiger partial charge in [-0.3, -0.25) is 0 Å². The maximum absolute atomic E-state index is 9.17. The van der Waals surface area contributed by atoms with Gasteiger partial charge in [0.15, 0.2) is 0 Å². The molecular weight excluding hydrogens is 245 g/mol. The molecule has 1 atom stereocenters. The van der Waals surface area contributed by atoms with E-state index in [9.17, 15) is 5.11 Å². The number of hydrogen-bond acceptors (Lipinski definition) is 1. The molecule has 0 aliphatic rings. The predicted octanol–water partition coefficient (Wildman–Crippen LogP) is 1.96. The molecule has 0 heterocycles. The number of aliphatic hydroxyl groups excluding tert-OH is 1. The summed E-state index contributed by atoms with van der Waals surface area (Å²) in [6.07, 6.45) is -0.402. The summed E-state index contributed by atoms with van der Waals surface area (Å²) in [5.41, 5.74) is 1.99. The van der Waals surface area contributed by atoms with E-state index in [1.807, 2.05) is 25.1 Å². The van der Waals surface area contributed by atoms with Gasteiger partial charge in [-0.1, -0.05) is 6.92 Å². The van der Waals surface area contributed by atoms with Gasteiger partial charge in [0, 0.05) is 32.7 Å². The Morgan fingerprint density at radius 3 is 2.42 bits per heavy atom. The van der Waals surface area contributed by atoms with Crippen LogP contribution in [-0.4, -0.2) is 5.11 Å². The molecule has 0 spiro atoms. The topological polar surface area (TPSA) is 20.2 Å². The molecule has 0 bridgehead atoms. The van der Waals surface area contributed by atoms with Crippen LogP contribution in [0, 0.1) is 13.0 Å². The zero-order valence-corrected chi connectivity index (χ0v) is 11.2. The Morgan fingerprint density at radius 2 is 2.08 bits per heavy atom.